The molecule has 1 N–H and O–H groups in total. The Morgan fingerprint density at radius 3 is 2.68 bits per heavy atom. The molecule has 3 rings (SSSR count). The minimum Gasteiger partial charge on any atom is -0.476 e. The number of aromatic carboxylic acids is 1. The van der Waals surface area contributed by atoms with Gasteiger partial charge in [-0.15, -0.1) is 0 Å². The first-order chi connectivity index (χ1) is 9.16. The fraction of sp³-hybridized carbons (Fsp3) is 0.286. The Labute approximate surface area is 119 Å². The fourth-order valence-electron chi connectivity index (χ4n) is 2.56. The maximum atomic E-state index is 11.4. The Hall–Kier alpha value is -1.62. The van der Waals surface area contributed by atoms with Gasteiger partial charge in [-0.1, -0.05) is 28.1 Å². The minimum atomic E-state index is -0.959. The summed E-state index contributed by atoms with van der Waals surface area (Å²) in [4.78, 5) is 11.4. The molecule has 2 heterocycles. The van der Waals surface area contributed by atoms with Crippen molar-refractivity contribution in [3.05, 3.63) is 40.1 Å². The van der Waals surface area contributed by atoms with Gasteiger partial charge in [0.05, 0.1) is 0 Å². The van der Waals surface area contributed by atoms with Crippen LogP contribution in [0.15, 0.2) is 28.7 Å². The van der Waals surface area contributed by atoms with E-state index in [2.05, 4.69) is 21.0 Å². The SMILES string of the molecule is O=C(O)c1nn2c(c1-c1ccc(Br)cc1)CCCC2. The molecule has 0 radical (unpaired) electrons. The Morgan fingerprint density at radius 2 is 2.00 bits per heavy atom. The molecule has 0 atom stereocenters. The van der Waals surface area contributed by atoms with Crippen LogP contribution >= 0.6 is 15.9 Å². The quantitative estimate of drug-likeness (QED) is 0.923. The molecule has 1 aromatic heterocycles. The van der Waals surface area contributed by atoms with E-state index < -0.39 is 5.97 Å². The van der Waals surface area contributed by atoms with Gasteiger partial charge in [-0.3, -0.25) is 4.68 Å². The Balaban J connectivity index is 2.20. The van der Waals surface area contributed by atoms with Gasteiger partial charge in [0.1, 0.15) is 0 Å². The third-order valence-electron chi connectivity index (χ3n) is 3.43. The topological polar surface area (TPSA) is 55.1 Å². The number of fused-ring (bicyclic) bond motifs is 1. The highest BCUT2D eigenvalue weighted by Gasteiger charge is 2.25. The van der Waals surface area contributed by atoms with Crippen LogP contribution in [0.2, 0.25) is 0 Å². The van der Waals surface area contributed by atoms with E-state index in [-0.39, 0.29) is 5.69 Å². The number of aryl methyl sites for hydroxylation is 1. The molecule has 1 aromatic carbocycles. The van der Waals surface area contributed by atoms with Gasteiger partial charge >= 0.3 is 5.97 Å². The molecule has 0 fully saturated rings. The second kappa shape index (κ2) is 4.81. The third kappa shape index (κ3) is 2.18. The van der Waals surface area contributed by atoms with E-state index in [1.165, 1.54) is 0 Å². The normalized spacial score (nSPS) is 14.2. The van der Waals surface area contributed by atoms with Gasteiger partial charge in [-0.25, -0.2) is 4.79 Å². The van der Waals surface area contributed by atoms with Gasteiger partial charge < -0.3 is 5.11 Å². The summed E-state index contributed by atoms with van der Waals surface area (Å²) in [6.45, 7) is 0.812. The van der Waals surface area contributed by atoms with Gasteiger partial charge in [0.2, 0.25) is 0 Å². The molecule has 0 unspecified atom stereocenters. The monoisotopic (exact) mass is 320 g/mol. The molecule has 1 aliphatic rings. The van der Waals surface area contributed by atoms with Gasteiger partial charge in [0, 0.05) is 22.3 Å². The highest BCUT2D eigenvalue weighted by molar-refractivity contribution is 9.10. The summed E-state index contributed by atoms with van der Waals surface area (Å²) in [6, 6.07) is 7.72. The van der Waals surface area contributed by atoms with Crippen molar-refractivity contribution in [2.75, 3.05) is 0 Å². The van der Waals surface area contributed by atoms with E-state index in [1.54, 1.807) is 0 Å². The maximum absolute atomic E-state index is 11.4. The average molecular weight is 321 g/mol. The zero-order valence-corrected chi connectivity index (χ0v) is 11.9. The van der Waals surface area contributed by atoms with Crippen LogP contribution in [0.1, 0.15) is 29.0 Å². The van der Waals surface area contributed by atoms with Crippen LogP contribution in [-0.2, 0) is 13.0 Å². The lowest BCUT2D eigenvalue weighted by atomic mass is 9.98. The van der Waals surface area contributed by atoms with Crippen molar-refractivity contribution in [2.45, 2.75) is 25.8 Å². The first-order valence-electron chi connectivity index (χ1n) is 6.26. The van der Waals surface area contributed by atoms with Gasteiger partial charge in [-0.05, 0) is 37.0 Å². The van der Waals surface area contributed by atoms with E-state index in [0.717, 1.165) is 47.1 Å². The maximum Gasteiger partial charge on any atom is 0.357 e. The minimum absolute atomic E-state index is 0.166. The number of benzene rings is 1. The van der Waals surface area contributed by atoms with Crippen LogP contribution in [-0.4, -0.2) is 20.9 Å². The zero-order valence-electron chi connectivity index (χ0n) is 10.3. The lowest BCUT2D eigenvalue weighted by Crippen LogP contribution is -2.11. The Kier molecular flexibility index (Phi) is 3.14. The predicted octanol–water partition coefficient (Wildman–Crippen LogP) is 3.35. The number of halogens is 1. The summed E-state index contributed by atoms with van der Waals surface area (Å²) >= 11 is 3.39. The lowest BCUT2D eigenvalue weighted by Gasteiger charge is -2.14. The van der Waals surface area contributed by atoms with Gasteiger partial charge in [-0.2, -0.15) is 5.10 Å². The van der Waals surface area contributed by atoms with E-state index >= 15 is 0 Å². The highest BCUT2D eigenvalue weighted by atomic mass is 79.9. The summed E-state index contributed by atoms with van der Waals surface area (Å²) in [7, 11) is 0. The third-order valence-corrected chi connectivity index (χ3v) is 3.96. The van der Waals surface area contributed by atoms with Crippen molar-refractivity contribution in [1.82, 2.24) is 9.78 Å². The van der Waals surface area contributed by atoms with Crippen LogP contribution in [0, 0.1) is 0 Å². The molecule has 0 aliphatic carbocycles. The van der Waals surface area contributed by atoms with Crippen molar-refractivity contribution in [1.29, 1.82) is 0 Å². The number of hydrogen-bond acceptors (Lipinski definition) is 2. The first kappa shape index (κ1) is 12.4. The van der Waals surface area contributed by atoms with Crippen molar-refractivity contribution in [3.63, 3.8) is 0 Å². The number of carboxylic acid groups (broad SMARTS) is 1. The van der Waals surface area contributed by atoms with Crippen molar-refractivity contribution >= 4 is 21.9 Å². The first-order valence-corrected chi connectivity index (χ1v) is 7.05. The van der Waals surface area contributed by atoms with E-state index in [1.807, 2.05) is 28.9 Å². The molecule has 98 valence electrons. The number of carboxylic acids is 1. The highest BCUT2D eigenvalue weighted by Crippen LogP contribution is 2.32. The number of carbonyl (C=O) groups is 1. The summed E-state index contributed by atoms with van der Waals surface area (Å²) in [5, 5.41) is 13.6. The van der Waals surface area contributed by atoms with Crippen LogP contribution in [0.3, 0.4) is 0 Å². The molecule has 4 nitrogen and oxygen atoms in total. The summed E-state index contributed by atoms with van der Waals surface area (Å²) in [6.07, 6.45) is 3.05. The fourth-order valence-corrected chi connectivity index (χ4v) is 2.82. The molecule has 0 spiro atoms. The molecular weight excluding hydrogens is 308 g/mol. The van der Waals surface area contributed by atoms with E-state index in [0.29, 0.717) is 0 Å². The average Bonchev–Trinajstić information content (AvgIpc) is 2.79. The molecule has 0 saturated carbocycles. The largest absolute Gasteiger partial charge is 0.476 e. The van der Waals surface area contributed by atoms with Crippen molar-refractivity contribution < 1.29 is 9.90 Å². The molecule has 0 saturated heterocycles. The smallest absolute Gasteiger partial charge is 0.357 e. The molecule has 0 bridgehead atoms. The second-order valence-corrected chi connectivity index (χ2v) is 5.58. The summed E-state index contributed by atoms with van der Waals surface area (Å²) in [5.41, 5.74) is 2.91. The van der Waals surface area contributed by atoms with E-state index in [4.69, 9.17) is 0 Å². The predicted molar refractivity (Wildman–Crippen MR) is 75.3 cm³/mol. The van der Waals surface area contributed by atoms with Gasteiger partial charge in [0.15, 0.2) is 5.69 Å². The second-order valence-electron chi connectivity index (χ2n) is 4.66. The standard InChI is InChI=1S/C14H13BrN2O2/c15-10-6-4-9(5-7-10)12-11-3-1-2-8-17(11)16-13(12)14(18)19/h4-7H,1-3,8H2,(H,18,19). The van der Waals surface area contributed by atoms with Crippen LogP contribution < -0.4 is 0 Å². The Bertz CT molecular complexity index is 632. The van der Waals surface area contributed by atoms with Crippen LogP contribution in [0.5, 0.6) is 0 Å². The van der Waals surface area contributed by atoms with Crippen LogP contribution in [0.25, 0.3) is 11.1 Å². The number of rotatable bonds is 2. The molecular formula is C14H13BrN2O2. The van der Waals surface area contributed by atoms with Gasteiger partial charge in [0.25, 0.3) is 0 Å². The summed E-state index contributed by atoms with van der Waals surface area (Å²) in [5.74, 6) is -0.959. The van der Waals surface area contributed by atoms with E-state index in [9.17, 15) is 9.90 Å². The number of hydrogen-bond donors (Lipinski definition) is 1. The lowest BCUT2D eigenvalue weighted by molar-refractivity contribution is 0.0690. The molecule has 0 amide bonds. The number of aromatic nitrogens is 2. The Morgan fingerprint density at radius 1 is 1.26 bits per heavy atom. The zero-order chi connectivity index (χ0) is 13.4. The molecule has 1 aliphatic heterocycles. The van der Waals surface area contributed by atoms with Crippen molar-refractivity contribution in [2.24, 2.45) is 0 Å². The molecule has 5 heteroatoms. The number of nitrogens with zero attached hydrogens (tertiary/aromatic N) is 2. The van der Waals surface area contributed by atoms with Crippen LogP contribution in [0.4, 0.5) is 0 Å². The molecule has 2 aromatic rings. The summed E-state index contributed by atoms with van der Waals surface area (Å²) < 4.78 is 2.83. The van der Waals surface area contributed by atoms with Crippen molar-refractivity contribution in [3.8, 4) is 11.1 Å². The molecule has 19 heavy (non-hydrogen) atoms.